The number of hydrogen-bond acceptors (Lipinski definition) is 2. The van der Waals surface area contributed by atoms with Gasteiger partial charge >= 0.3 is 5.97 Å². The fourth-order valence-corrected chi connectivity index (χ4v) is 3.50. The monoisotopic (exact) mass is 404 g/mol. The molecule has 0 aromatic heterocycles. The number of unbranched alkanes of at least 4 members (excludes halogenated alkanes) is 8. The van der Waals surface area contributed by atoms with Crippen LogP contribution in [0.25, 0.3) is 0 Å². The van der Waals surface area contributed by atoms with Crippen LogP contribution >= 0.6 is 15.9 Å². The predicted molar refractivity (Wildman–Crippen MR) is 109 cm³/mol. The quantitative estimate of drug-likeness (QED) is 0.135. The van der Waals surface area contributed by atoms with Crippen LogP contribution in [0.4, 0.5) is 0 Å². The van der Waals surface area contributed by atoms with Gasteiger partial charge in [0.1, 0.15) is 0 Å². The lowest BCUT2D eigenvalue weighted by molar-refractivity contribution is -0.144. The normalized spacial score (nSPS) is 11.2. The lowest BCUT2D eigenvalue weighted by Gasteiger charge is -2.16. The van der Waals surface area contributed by atoms with E-state index in [1.807, 2.05) is 0 Å². The molecule has 0 spiro atoms. The summed E-state index contributed by atoms with van der Waals surface area (Å²) in [6.07, 6.45) is 18.0. The maximum absolute atomic E-state index is 11.8. The van der Waals surface area contributed by atoms with Gasteiger partial charge in [0, 0.05) is 11.8 Å². The lowest BCUT2D eigenvalue weighted by Crippen LogP contribution is -2.10. The number of carbonyl (C=O) groups is 1. The van der Waals surface area contributed by atoms with Gasteiger partial charge in [0.25, 0.3) is 0 Å². The Morgan fingerprint density at radius 2 is 1.38 bits per heavy atom. The van der Waals surface area contributed by atoms with E-state index in [1.165, 1.54) is 70.6 Å². The van der Waals surface area contributed by atoms with Crippen LogP contribution in [0.1, 0.15) is 110 Å². The van der Waals surface area contributed by atoms with Crippen LogP contribution in [-0.2, 0) is 9.53 Å². The van der Waals surface area contributed by atoms with E-state index in [-0.39, 0.29) is 5.97 Å². The Labute approximate surface area is 159 Å². The summed E-state index contributed by atoms with van der Waals surface area (Å²) in [5.41, 5.74) is 0. The summed E-state index contributed by atoms with van der Waals surface area (Å²) < 4.78 is 5.47. The summed E-state index contributed by atoms with van der Waals surface area (Å²) in [7, 11) is 0. The maximum Gasteiger partial charge on any atom is 0.305 e. The SMILES string of the molecule is CCCCCC(CCCCC)CCOC(=O)CCCCCCCBr. The van der Waals surface area contributed by atoms with Gasteiger partial charge in [-0.3, -0.25) is 4.79 Å². The van der Waals surface area contributed by atoms with Crippen molar-refractivity contribution in [3.63, 3.8) is 0 Å². The summed E-state index contributed by atoms with van der Waals surface area (Å²) in [6.45, 7) is 5.15. The molecule has 0 unspecified atom stereocenters. The summed E-state index contributed by atoms with van der Waals surface area (Å²) in [4.78, 5) is 11.8. The van der Waals surface area contributed by atoms with Crippen LogP contribution in [0.2, 0.25) is 0 Å². The third-order valence-electron chi connectivity index (χ3n) is 4.74. The van der Waals surface area contributed by atoms with Crippen molar-refractivity contribution in [2.45, 2.75) is 110 Å². The lowest BCUT2D eigenvalue weighted by atomic mass is 9.92. The zero-order valence-corrected chi connectivity index (χ0v) is 17.9. The molecular formula is C21H41BrO2. The molecule has 0 aliphatic carbocycles. The molecule has 0 fully saturated rings. The molecule has 0 atom stereocenters. The smallest absolute Gasteiger partial charge is 0.305 e. The molecule has 0 heterocycles. The molecule has 0 bridgehead atoms. The highest BCUT2D eigenvalue weighted by atomic mass is 79.9. The van der Waals surface area contributed by atoms with Crippen molar-refractivity contribution < 1.29 is 9.53 Å². The third kappa shape index (κ3) is 16.8. The number of hydrogen-bond donors (Lipinski definition) is 0. The van der Waals surface area contributed by atoms with Crippen LogP contribution in [-0.4, -0.2) is 17.9 Å². The zero-order chi connectivity index (χ0) is 17.9. The molecule has 3 heteroatoms. The molecule has 144 valence electrons. The van der Waals surface area contributed by atoms with E-state index >= 15 is 0 Å². The molecule has 0 N–H and O–H groups in total. The molecule has 0 amide bonds. The topological polar surface area (TPSA) is 26.3 Å². The van der Waals surface area contributed by atoms with E-state index in [9.17, 15) is 4.79 Å². The first-order valence-electron chi connectivity index (χ1n) is 10.5. The molecular weight excluding hydrogens is 364 g/mol. The highest BCUT2D eigenvalue weighted by Gasteiger charge is 2.10. The van der Waals surface area contributed by atoms with Crippen molar-refractivity contribution in [1.82, 2.24) is 0 Å². The molecule has 0 aliphatic heterocycles. The predicted octanol–water partition coefficient (Wildman–Crippen LogP) is 7.43. The van der Waals surface area contributed by atoms with Gasteiger partial charge in [0.15, 0.2) is 0 Å². The van der Waals surface area contributed by atoms with E-state index < -0.39 is 0 Å². The first-order chi connectivity index (χ1) is 11.7. The highest BCUT2D eigenvalue weighted by molar-refractivity contribution is 9.09. The van der Waals surface area contributed by atoms with Crippen LogP contribution in [0.15, 0.2) is 0 Å². The van der Waals surface area contributed by atoms with Gasteiger partial charge in [-0.05, 0) is 25.2 Å². The van der Waals surface area contributed by atoms with Gasteiger partial charge in [0.2, 0.25) is 0 Å². The molecule has 24 heavy (non-hydrogen) atoms. The summed E-state index contributed by atoms with van der Waals surface area (Å²) >= 11 is 3.45. The molecule has 0 aromatic carbocycles. The average Bonchev–Trinajstić information content (AvgIpc) is 2.58. The van der Waals surface area contributed by atoms with Gasteiger partial charge in [-0.25, -0.2) is 0 Å². The summed E-state index contributed by atoms with van der Waals surface area (Å²) in [6, 6.07) is 0. The van der Waals surface area contributed by atoms with Crippen LogP contribution in [0.5, 0.6) is 0 Å². The summed E-state index contributed by atoms with van der Waals surface area (Å²) in [5.74, 6) is 0.761. The van der Waals surface area contributed by atoms with E-state index in [1.54, 1.807) is 0 Å². The van der Waals surface area contributed by atoms with E-state index in [4.69, 9.17) is 4.74 Å². The van der Waals surface area contributed by atoms with E-state index in [2.05, 4.69) is 29.8 Å². The zero-order valence-electron chi connectivity index (χ0n) is 16.3. The number of ether oxygens (including phenoxy) is 1. The van der Waals surface area contributed by atoms with Crippen molar-refractivity contribution in [3.8, 4) is 0 Å². The number of alkyl halides is 1. The van der Waals surface area contributed by atoms with Crippen molar-refractivity contribution in [2.24, 2.45) is 5.92 Å². The Hall–Kier alpha value is -0.0500. The Morgan fingerprint density at radius 1 is 0.792 bits per heavy atom. The molecule has 0 aliphatic rings. The van der Waals surface area contributed by atoms with Crippen molar-refractivity contribution in [3.05, 3.63) is 0 Å². The van der Waals surface area contributed by atoms with Crippen LogP contribution in [0.3, 0.4) is 0 Å². The van der Waals surface area contributed by atoms with Gasteiger partial charge < -0.3 is 4.74 Å². The van der Waals surface area contributed by atoms with Crippen molar-refractivity contribution >= 4 is 21.9 Å². The number of halogens is 1. The minimum Gasteiger partial charge on any atom is -0.466 e. The second-order valence-corrected chi connectivity index (χ2v) is 7.87. The molecule has 2 nitrogen and oxygen atoms in total. The van der Waals surface area contributed by atoms with Crippen LogP contribution < -0.4 is 0 Å². The van der Waals surface area contributed by atoms with E-state index in [0.29, 0.717) is 13.0 Å². The standard InChI is InChI=1S/C21H41BrO2/c1-3-5-10-14-20(15-11-6-4-2)17-19-24-21(23)16-12-8-7-9-13-18-22/h20H,3-19H2,1-2H3. The Bertz CT molecular complexity index is 259. The minimum atomic E-state index is 0.0105. The first-order valence-corrected chi connectivity index (χ1v) is 11.6. The van der Waals surface area contributed by atoms with Gasteiger partial charge in [-0.1, -0.05) is 100 Å². The Kier molecular flexibility index (Phi) is 19.2. The van der Waals surface area contributed by atoms with Crippen molar-refractivity contribution in [2.75, 3.05) is 11.9 Å². The van der Waals surface area contributed by atoms with Gasteiger partial charge in [0.05, 0.1) is 6.61 Å². The van der Waals surface area contributed by atoms with Crippen molar-refractivity contribution in [1.29, 1.82) is 0 Å². The Balaban J connectivity index is 3.71. The van der Waals surface area contributed by atoms with Gasteiger partial charge in [-0.15, -0.1) is 0 Å². The fraction of sp³-hybridized carbons (Fsp3) is 0.952. The molecule has 0 saturated carbocycles. The molecule has 0 rings (SSSR count). The second kappa shape index (κ2) is 19.3. The molecule has 0 radical (unpaired) electrons. The second-order valence-electron chi connectivity index (χ2n) is 7.07. The van der Waals surface area contributed by atoms with Crippen LogP contribution in [0, 0.1) is 5.92 Å². The summed E-state index contributed by atoms with van der Waals surface area (Å²) in [5, 5.41) is 1.09. The number of carbonyl (C=O) groups excluding carboxylic acids is 1. The minimum absolute atomic E-state index is 0.0105. The average molecular weight is 405 g/mol. The third-order valence-corrected chi connectivity index (χ3v) is 5.30. The maximum atomic E-state index is 11.8. The van der Waals surface area contributed by atoms with Gasteiger partial charge in [-0.2, -0.15) is 0 Å². The first kappa shape index (κ1) is 23.9. The van der Waals surface area contributed by atoms with E-state index in [0.717, 1.165) is 30.5 Å². The fourth-order valence-electron chi connectivity index (χ4n) is 3.10. The Morgan fingerprint density at radius 3 is 1.96 bits per heavy atom. The number of rotatable bonds is 18. The number of esters is 1. The largest absolute Gasteiger partial charge is 0.466 e. The highest BCUT2D eigenvalue weighted by Crippen LogP contribution is 2.21. The molecule has 0 aromatic rings. The molecule has 0 saturated heterocycles.